The molecule has 6 heteroatoms. The normalized spacial score (nSPS) is 15.8. The SMILES string of the molecule is CC(CC1CCCCC1)NCc1ccccc1N(C(N)=O)c1ccc(Cl)cc1Cl. The molecule has 0 spiro atoms. The minimum Gasteiger partial charge on any atom is -0.351 e. The molecule has 1 unspecified atom stereocenters. The first-order chi connectivity index (χ1) is 14.0. The van der Waals surface area contributed by atoms with Crippen LogP contribution in [0.25, 0.3) is 0 Å². The number of rotatable bonds is 7. The lowest BCUT2D eigenvalue weighted by atomic mass is 9.85. The summed E-state index contributed by atoms with van der Waals surface area (Å²) in [5.41, 5.74) is 7.97. The summed E-state index contributed by atoms with van der Waals surface area (Å²) in [4.78, 5) is 13.8. The molecule has 1 aliphatic rings. The smallest absolute Gasteiger partial charge is 0.323 e. The predicted molar refractivity (Wildman–Crippen MR) is 122 cm³/mol. The fraction of sp³-hybridized carbons (Fsp3) is 0.435. The molecule has 1 atom stereocenters. The van der Waals surface area contributed by atoms with Crippen LogP contribution in [0.3, 0.4) is 0 Å². The van der Waals surface area contributed by atoms with Crippen molar-refractivity contribution in [2.75, 3.05) is 4.90 Å². The zero-order valence-electron chi connectivity index (χ0n) is 16.8. The van der Waals surface area contributed by atoms with Gasteiger partial charge in [-0.05, 0) is 49.1 Å². The monoisotopic (exact) mass is 433 g/mol. The van der Waals surface area contributed by atoms with Crippen molar-refractivity contribution in [3.8, 4) is 0 Å². The van der Waals surface area contributed by atoms with E-state index in [0.29, 0.717) is 28.3 Å². The average Bonchev–Trinajstić information content (AvgIpc) is 2.69. The van der Waals surface area contributed by atoms with Crippen LogP contribution in [0.5, 0.6) is 0 Å². The minimum atomic E-state index is -0.586. The van der Waals surface area contributed by atoms with E-state index in [0.717, 1.165) is 17.2 Å². The van der Waals surface area contributed by atoms with Gasteiger partial charge in [-0.2, -0.15) is 0 Å². The Labute approximate surface area is 183 Å². The summed E-state index contributed by atoms with van der Waals surface area (Å²) in [5, 5.41) is 4.51. The highest BCUT2D eigenvalue weighted by Crippen LogP contribution is 2.35. The second kappa shape index (κ2) is 10.3. The summed E-state index contributed by atoms with van der Waals surface area (Å²) in [6.45, 7) is 2.89. The quantitative estimate of drug-likeness (QED) is 0.512. The molecule has 0 bridgehead atoms. The van der Waals surface area contributed by atoms with Crippen LogP contribution in [0.2, 0.25) is 10.0 Å². The number of anilines is 2. The van der Waals surface area contributed by atoms with Crippen LogP contribution < -0.4 is 16.0 Å². The van der Waals surface area contributed by atoms with Gasteiger partial charge in [0.2, 0.25) is 0 Å². The largest absolute Gasteiger partial charge is 0.351 e. The van der Waals surface area contributed by atoms with Gasteiger partial charge in [0, 0.05) is 17.6 Å². The second-order valence-electron chi connectivity index (χ2n) is 7.92. The van der Waals surface area contributed by atoms with Crippen LogP contribution in [0.4, 0.5) is 16.2 Å². The highest BCUT2D eigenvalue weighted by Gasteiger charge is 2.21. The van der Waals surface area contributed by atoms with E-state index in [1.165, 1.54) is 43.4 Å². The van der Waals surface area contributed by atoms with Crippen LogP contribution in [-0.4, -0.2) is 12.1 Å². The van der Waals surface area contributed by atoms with Gasteiger partial charge < -0.3 is 11.1 Å². The van der Waals surface area contributed by atoms with Gasteiger partial charge in [-0.25, -0.2) is 4.79 Å². The lowest BCUT2D eigenvalue weighted by Crippen LogP contribution is -2.34. The van der Waals surface area contributed by atoms with Crippen molar-refractivity contribution < 1.29 is 4.79 Å². The van der Waals surface area contributed by atoms with Crippen molar-refractivity contribution in [2.24, 2.45) is 11.7 Å². The van der Waals surface area contributed by atoms with Crippen LogP contribution in [-0.2, 0) is 6.54 Å². The Balaban J connectivity index is 1.76. The summed E-state index contributed by atoms with van der Waals surface area (Å²) >= 11 is 12.4. The van der Waals surface area contributed by atoms with E-state index in [-0.39, 0.29) is 0 Å². The fourth-order valence-corrected chi connectivity index (χ4v) is 4.69. The maximum Gasteiger partial charge on any atom is 0.323 e. The fourth-order valence-electron chi connectivity index (χ4n) is 4.20. The maximum absolute atomic E-state index is 12.3. The summed E-state index contributed by atoms with van der Waals surface area (Å²) < 4.78 is 0. The van der Waals surface area contributed by atoms with Crippen molar-refractivity contribution in [3.63, 3.8) is 0 Å². The van der Waals surface area contributed by atoms with Gasteiger partial charge in [0.25, 0.3) is 0 Å². The van der Waals surface area contributed by atoms with E-state index in [9.17, 15) is 4.79 Å². The number of carbonyl (C=O) groups excluding carboxylic acids is 1. The molecule has 3 rings (SSSR count). The number of nitrogens with one attached hydrogen (secondary N) is 1. The molecule has 1 fully saturated rings. The standard InChI is InChI=1S/C23H29Cl2N3O/c1-16(13-17-7-3-2-4-8-17)27-15-18-9-5-6-10-21(18)28(23(26)29)22-12-11-19(24)14-20(22)25/h5-6,9-12,14,16-17,27H,2-4,7-8,13,15H2,1H3,(H2,26,29). The molecular formula is C23H29Cl2N3O. The number of urea groups is 1. The molecule has 0 radical (unpaired) electrons. The number of para-hydroxylation sites is 1. The number of hydrogen-bond acceptors (Lipinski definition) is 2. The molecule has 0 aromatic heterocycles. The second-order valence-corrected chi connectivity index (χ2v) is 8.76. The highest BCUT2D eigenvalue weighted by atomic mass is 35.5. The number of nitrogens with zero attached hydrogens (tertiary/aromatic N) is 1. The zero-order valence-corrected chi connectivity index (χ0v) is 18.3. The number of amides is 2. The third kappa shape index (κ3) is 5.88. The summed E-state index contributed by atoms with van der Waals surface area (Å²) in [5.74, 6) is 0.816. The average molecular weight is 434 g/mol. The first-order valence-electron chi connectivity index (χ1n) is 10.3. The maximum atomic E-state index is 12.3. The van der Waals surface area contributed by atoms with Gasteiger partial charge in [0.1, 0.15) is 0 Å². The van der Waals surface area contributed by atoms with E-state index in [2.05, 4.69) is 12.2 Å². The molecule has 1 saturated carbocycles. The molecule has 4 nitrogen and oxygen atoms in total. The van der Waals surface area contributed by atoms with Crippen LogP contribution in [0, 0.1) is 5.92 Å². The van der Waals surface area contributed by atoms with Crippen LogP contribution >= 0.6 is 23.2 Å². The molecule has 2 aromatic carbocycles. The van der Waals surface area contributed by atoms with E-state index >= 15 is 0 Å². The Morgan fingerprint density at radius 1 is 1.14 bits per heavy atom. The van der Waals surface area contributed by atoms with Gasteiger partial charge in [-0.1, -0.05) is 73.5 Å². The van der Waals surface area contributed by atoms with Crippen LogP contribution in [0.15, 0.2) is 42.5 Å². The number of hydrogen-bond donors (Lipinski definition) is 2. The van der Waals surface area contributed by atoms with Crippen molar-refractivity contribution in [3.05, 3.63) is 58.1 Å². The van der Waals surface area contributed by atoms with Gasteiger partial charge in [0.15, 0.2) is 0 Å². The Hall–Kier alpha value is -1.75. The van der Waals surface area contributed by atoms with Crippen molar-refractivity contribution in [1.82, 2.24) is 5.32 Å². The number of primary amides is 1. The Kier molecular flexibility index (Phi) is 7.82. The van der Waals surface area contributed by atoms with Crippen molar-refractivity contribution in [2.45, 2.75) is 58.0 Å². The minimum absolute atomic E-state index is 0.379. The molecule has 0 saturated heterocycles. The van der Waals surface area contributed by atoms with Gasteiger partial charge in [-0.3, -0.25) is 4.90 Å². The molecule has 29 heavy (non-hydrogen) atoms. The molecule has 0 aliphatic heterocycles. The van der Waals surface area contributed by atoms with Crippen molar-refractivity contribution in [1.29, 1.82) is 0 Å². The summed E-state index contributed by atoms with van der Waals surface area (Å²) in [6, 6.07) is 12.6. The highest BCUT2D eigenvalue weighted by molar-refractivity contribution is 6.37. The van der Waals surface area contributed by atoms with E-state index in [1.807, 2.05) is 24.3 Å². The third-order valence-electron chi connectivity index (χ3n) is 5.66. The van der Waals surface area contributed by atoms with Gasteiger partial charge >= 0.3 is 6.03 Å². The third-order valence-corrected chi connectivity index (χ3v) is 6.19. The number of nitrogens with two attached hydrogens (primary N) is 1. The first-order valence-corrected chi connectivity index (χ1v) is 11.1. The molecule has 2 aromatic rings. The zero-order chi connectivity index (χ0) is 20.8. The lowest BCUT2D eigenvalue weighted by Gasteiger charge is -2.27. The predicted octanol–water partition coefficient (Wildman–Crippen LogP) is 6.66. The van der Waals surface area contributed by atoms with Gasteiger partial charge in [-0.15, -0.1) is 0 Å². The van der Waals surface area contributed by atoms with E-state index in [1.54, 1.807) is 18.2 Å². The lowest BCUT2D eigenvalue weighted by molar-refractivity contribution is 0.256. The van der Waals surface area contributed by atoms with E-state index < -0.39 is 6.03 Å². The molecule has 1 aliphatic carbocycles. The molecule has 2 amide bonds. The summed E-state index contributed by atoms with van der Waals surface area (Å²) in [6.07, 6.45) is 7.96. The molecule has 0 heterocycles. The van der Waals surface area contributed by atoms with Crippen LogP contribution in [0.1, 0.15) is 51.0 Å². The number of halogens is 2. The number of benzene rings is 2. The molecular weight excluding hydrogens is 405 g/mol. The molecule has 3 N–H and O–H groups in total. The van der Waals surface area contributed by atoms with Crippen molar-refractivity contribution >= 4 is 40.6 Å². The van der Waals surface area contributed by atoms with Gasteiger partial charge in [0.05, 0.1) is 16.4 Å². The Morgan fingerprint density at radius 2 is 1.86 bits per heavy atom. The summed E-state index contributed by atoms with van der Waals surface area (Å²) in [7, 11) is 0. The Morgan fingerprint density at radius 3 is 2.55 bits per heavy atom. The molecule has 156 valence electrons. The number of carbonyl (C=O) groups is 1. The first kappa shape index (κ1) is 21.9. The topological polar surface area (TPSA) is 58.4 Å². The Bertz CT molecular complexity index is 837. The van der Waals surface area contributed by atoms with E-state index in [4.69, 9.17) is 28.9 Å².